The van der Waals surface area contributed by atoms with E-state index in [1.165, 1.54) is 12.7 Å². The van der Waals surface area contributed by atoms with Crippen LogP contribution in [-0.2, 0) is 6.42 Å². The molecule has 1 aromatic carbocycles. The Morgan fingerprint density at radius 3 is 2.59 bits per heavy atom. The molecule has 0 aliphatic heterocycles. The quantitative estimate of drug-likeness (QED) is 0.452. The maximum atomic E-state index is 13.0. The summed E-state index contributed by atoms with van der Waals surface area (Å²) in [7, 11) is 3.12. The lowest BCUT2D eigenvalue weighted by Gasteiger charge is -2.35. The molecule has 0 bridgehead atoms. The van der Waals surface area contributed by atoms with Gasteiger partial charge in [-0.2, -0.15) is 0 Å². The van der Waals surface area contributed by atoms with Gasteiger partial charge in [0, 0.05) is 6.04 Å². The second kappa shape index (κ2) is 5.86. The molecule has 0 aliphatic carbocycles. The van der Waals surface area contributed by atoms with E-state index in [0.29, 0.717) is 6.42 Å². The number of rotatable bonds is 5. The molecule has 0 fully saturated rings. The van der Waals surface area contributed by atoms with Crippen molar-refractivity contribution in [2.75, 3.05) is 13.7 Å². The maximum absolute atomic E-state index is 13.0. The molecule has 0 spiro atoms. The Kier molecular flexibility index (Phi) is 4.74. The zero-order chi connectivity index (χ0) is 12.9. The highest BCUT2D eigenvalue weighted by Gasteiger charge is 2.29. The molecule has 0 radical (unpaired) electrons. The molecular formula is C13H17BFNO. The first-order chi connectivity index (χ1) is 8.01. The van der Waals surface area contributed by atoms with Gasteiger partial charge in [0.25, 0.3) is 0 Å². The molecule has 4 heteroatoms. The average molecular weight is 233 g/mol. The number of hydrogen-bond acceptors (Lipinski definition) is 2. The minimum absolute atomic E-state index is 0.427. The van der Waals surface area contributed by atoms with Gasteiger partial charge in [0.1, 0.15) is 12.3 Å². The van der Waals surface area contributed by atoms with Crippen LogP contribution in [-0.4, -0.2) is 43.2 Å². The highest BCUT2D eigenvalue weighted by Crippen LogP contribution is 2.14. The molecule has 0 saturated carbocycles. The number of benzene rings is 1. The average Bonchev–Trinajstić information content (AvgIpc) is 2.36. The van der Waals surface area contributed by atoms with Crippen molar-refractivity contribution in [3.8, 4) is 12.3 Å². The number of likely N-dealkylation sites (N-methyl/N-ethyl adjacent to an activating group) is 1. The Morgan fingerprint density at radius 2 is 2.12 bits per heavy atom. The highest BCUT2D eigenvalue weighted by molar-refractivity contribution is 6.16. The monoisotopic (exact) mass is 233 g/mol. The highest BCUT2D eigenvalue weighted by atomic mass is 19.1. The summed E-state index contributed by atoms with van der Waals surface area (Å²) < 4.78 is 13.0. The van der Waals surface area contributed by atoms with Crippen LogP contribution in [0.25, 0.3) is 0 Å². The second-order valence-corrected chi connectivity index (χ2v) is 4.27. The zero-order valence-electron chi connectivity index (χ0n) is 10.2. The van der Waals surface area contributed by atoms with E-state index in [9.17, 15) is 9.50 Å². The van der Waals surface area contributed by atoms with Gasteiger partial charge in [-0.3, -0.25) is 4.90 Å². The molecule has 0 amide bonds. The van der Waals surface area contributed by atoms with Gasteiger partial charge in [-0.05, 0) is 19.0 Å². The second-order valence-electron chi connectivity index (χ2n) is 4.27. The summed E-state index contributed by atoms with van der Waals surface area (Å²) in [6.45, 7) is -0.552. The van der Waals surface area contributed by atoms with Crippen molar-refractivity contribution in [2.45, 2.75) is 18.1 Å². The normalized spacial score (nSPS) is 16.2. The van der Waals surface area contributed by atoms with Gasteiger partial charge in [0.2, 0.25) is 0 Å². The SMILES string of the molecule is BC(O)(C#C)N(C)C(CF)Cc1ccccc1. The lowest BCUT2D eigenvalue weighted by Crippen LogP contribution is -2.52. The number of terminal acetylenes is 1. The topological polar surface area (TPSA) is 23.5 Å². The number of halogens is 1. The lowest BCUT2D eigenvalue weighted by molar-refractivity contribution is -0.00624. The fourth-order valence-corrected chi connectivity index (χ4v) is 1.64. The van der Waals surface area contributed by atoms with Gasteiger partial charge in [-0.1, -0.05) is 36.3 Å². The Labute approximate surface area is 103 Å². The van der Waals surface area contributed by atoms with Gasteiger partial charge < -0.3 is 5.11 Å². The fraction of sp³-hybridized carbons (Fsp3) is 0.385. The minimum atomic E-state index is -1.43. The molecule has 90 valence electrons. The van der Waals surface area contributed by atoms with Crippen molar-refractivity contribution in [1.29, 1.82) is 0 Å². The third-order valence-corrected chi connectivity index (χ3v) is 3.00. The molecule has 2 nitrogen and oxygen atoms in total. The van der Waals surface area contributed by atoms with Gasteiger partial charge in [-0.25, -0.2) is 4.39 Å². The third-order valence-electron chi connectivity index (χ3n) is 3.00. The van der Waals surface area contributed by atoms with E-state index in [-0.39, 0.29) is 0 Å². The largest absolute Gasteiger partial charge is 0.373 e. The van der Waals surface area contributed by atoms with Crippen LogP contribution in [0.4, 0.5) is 4.39 Å². The van der Waals surface area contributed by atoms with E-state index < -0.39 is 18.3 Å². The Hall–Kier alpha value is -1.31. The number of hydrogen-bond donors (Lipinski definition) is 1. The van der Waals surface area contributed by atoms with Gasteiger partial charge >= 0.3 is 0 Å². The van der Waals surface area contributed by atoms with Crippen LogP contribution in [0, 0.1) is 12.3 Å². The van der Waals surface area contributed by atoms with Gasteiger partial charge in [0.15, 0.2) is 7.85 Å². The molecule has 0 aliphatic rings. The van der Waals surface area contributed by atoms with Crippen LogP contribution in [0.15, 0.2) is 30.3 Å². The predicted octanol–water partition coefficient (Wildman–Crippen LogP) is 0.411. The molecule has 1 rings (SSSR count). The Morgan fingerprint density at radius 1 is 1.53 bits per heavy atom. The van der Waals surface area contributed by atoms with Crippen molar-refractivity contribution in [3.63, 3.8) is 0 Å². The molecule has 0 aromatic heterocycles. The van der Waals surface area contributed by atoms with Crippen molar-refractivity contribution in [2.24, 2.45) is 0 Å². The fourth-order valence-electron chi connectivity index (χ4n) is 1.64. The van der Waals surface area contributed by atoms with Crippen molar-refractivity contribution < 1.29 is 9.50 Å². The zero-order valence-corrected chi connectivity index (χ0v) is 10.2. The Balaban J connectivity index is 2.77. The van der Waals surface area contributed by atoms with Crippen LogP contribution in [0.5, 0.6) is 0 Å². The molecule has 2 unspecified atom stereocenters. The summed E-state index contributed by atoms with van der Waals surface area (Å²) in [6.07, 6.45) is 5.75. The van der Waals surface area contributed by atoms with Crippen LogP contribution >= 0.6 is 0 Å². The molecular weight excluding hydrogens is 216 g/mol. The molecule has 0 saturated heterocycles. The van der Waals surface area contributed by atoms with E-state index in [4.69, 9.17) is 6.42 Å². The van der Waals surface area contributed by atoms with Crippen molar-refractivity contribution in [3.05, 3.63) is 35.9 Å². The summed E-state index contributed by atoms with van der Waals surface area (Å²) in [5.41, 5.74) is -0.402. The van der Waals surface area contributed by atoms with Gasteiger partial charge in [-0.15, -0.1) is 6.42 Å². The summed E-state index contributed by atoms with van der Waals surface area (Å²) in [6, 6.07) is 9.16. The Bertz CT molecular complexity index is 388. The molecule has 1 aromatic rings. The molecule has 2 atom stereocenters. The van der Waals surface area contributed by atoms with Gasteiger partial charge in [0.05, 0.1) is 0 Å². The van der Waals surface area contributed by atoms with Crippen LogP contribution in [0.1, 0.15) is 5.56 Å². The van der Waals surface area contributed by atoms with E-state index in [2.05, 4.69) is 5.92 Å². The first-order valence-corrected chi connectivity index (χ1v) is 5.54. The van der Waals surface area contributed by atoms with Crippen LogP contribution < -0.4 is 0 Å². The number of nitrogens with zero attached hydrogens (tertiary/aromatic N) is 1. The summed E-state index contributed by atoms with van der Waals surface area (Å²) in [5.74, 6) is 2.26. The number of aliphatic hydroxyl groups is 1. The van der Waals surface area contributed by atoms with Crippen molar-refractivity contribution >= 4 is 7.85 Å². The van der Waals surface area contributed by atoms with E-state index in [0.717, 1.165) is 5.56 Å². The van der Waals surface area contributed by atoms with Crippen molar-refractivity contribution in [1.82, 2.24) is 4.90 Å². The standard InChI is InChI=1S/C13H17BFNO/c1-3-13(14,17)16(2)12(10-15)9-11-7-5-4-6-8-11/h1,4-8,12,17H,9-10,14H2,2H3. The van der Waals surface area contributed by atoms with E-state index in [1.807, 2.05) is 30.3 Å². The van der Waals surface area contributed by atoms with Crippen LogP contribution in [0.3, 0.4) is 0 Å². The first-order valence-electron chi connectivity index (χ1n) is 5.54. The predicted molar refractivity (Wildman–Crippen MR) is 70.0 cm³/mol. The minimum Gasteiger partial charge on any atom is -0.373 e. The summed E-state index contributed by atoms with van der Waals surface area (Å²) in [4.78, 5) is 1.49. The number of alkyl halides is 1. The molecule has 1 N–H and O–H groups in total. The smallest absolute Gasteiger partial charge is 0.179 e. The summed E-state index contributed by atoms with van der Waals surface area (Å²) in [5, 5.41) is 9.89. The first kappa shape index (κ1) is 13.8. The third kappa shape index (κ3) is 3.59. The molecule has 17 heavy (non-hydrogen) atoms. The summed E-state index contributed by atoms with van der Waals surface area (Å²) >= 11 is 0. The van der Waals surface area contributed by atoms with E-state index in [1.54, 1.807) is 7.05 Å². The lowest BCUT2D eigenvalue weighted by atomic mass is 9.88. The molecule has 0 heterocycles. The maximum Gasteiger partial charge on any atom is 0.179 e. The van der Waals surface area contributed by atoms with Crippen LogP contribution in [0.2, 0.25) is 0 Å². The van der Waals surface area contributed by atoms with E-state index >= 15 is 0 Å².